The molecule has 0 atom stereocenters. The summed E-state index contributed by atoms with van der Waals surface area (Å²) in [6, 6.07) is 9.17. The molecule has 3 rings (SSSR count). The average molecular weight is 375 g/mol. The highest BCUT2D eigenvalue weighted by Crippen LogP contribution is 2.34. The minimum absolute atomic E-state index is 0.277. The number of pyridine rings is 1. The Morgan fingerprint density at radius 3 is 2.28 bits per heavy atom. The highest BCUT2D eigenvalue weighted by molar-refractivity contribution is 7.92. The van der Waals surface area contributed by atoms with Gasteiger partial charge in [-0.3, -0.25) is 9.71 Å². The van der Waals surface area contributed by atoms with Crippen LogP contribution in [0.5, 0.6) is 0 Å². The Labute approximate surface area is 152 Å². The first kappa shape index (κ1) is 17.7. The SMILES string of the molecule is Cc1cc(C)c(S(=O)(=O)Nc2c(Cl)cc(C)c3cccnc23)c(C)c1. The minimum atomic E-state index is -3.79. The van der Waals surface area contributed by atoms with Crippen molar-refractivity contribution >= 4 is 38.2 Å². The second-order valence-corrected chi connectivity index (χ2v) is 8.31. The van der Waals surface area contributed by atoms with Gasteiger partial charge in [-0.25, -0.2) is 8.42 Å². The number of aromatic nitrogens is 1. The summed E-state index contributed by atoms with van der Waals surface area (Å²) < 4.78 is 28.7. The van der Waals surface area contributed by atoms with Crippen LogP contribution >= 0.6 is 11.6 Å². The van der Waals surface area contributed by atoms with E-state index in [1.807, 2.05) is 38.1 Å². The number of nitrogens with one attached hydrogen (secondary N) is 1. The van der Waals surface area contributed by atoms with Crippen molar-refractivity contribution in [3.8, 4) is 0 Å². The molecule has 1 aromatic heterocycles. The van der Waals surface area contributed by atoms with E-state index in [9.17, 15) is 8.42 Å². The quantitative estimate of drug-likeness (QED) is 0.707. The maximum absolute atomic E-state index is 13.0. The first-order valence-corrected chi connectivity index (χ1v) is 9.71. The molecule has 0 aliphatic carbocycles. The highest BCUT2D eigenvalue weighted by atomic mass is 35.5. The summed E-state index contributed by atoms with van der Waals surface area (Å²) in [5, 5.41) is 1.19. The zero-order valence-electron chi connectivity index (χ0n) is 14.5. The van der Waals surface area contributed by atoms with Crippen LogP contribution in [-0.2, 0) is 10.0 Å². The molecule has 0 amide bonds. The largest absolute Gasteiger partial charge is 0.276 e. The van der Waals surface area contributed by atoms with E-state index in [4.69, 9.17) is 11.6 Å². The molecule has 0 unspecified atom stereocenters. The Morgan fingerprint density at radius 2 is 1.64 bits per heavy atom. The van der Waals surface area contributed by atoms with Gasteiger partial charge >= 0.3 is 0 Å². The van der Waals surface area contributed by atoms with E-state index in [1.165, 1.54) is 0 Å². The first-order valence-electron chi connectivity index (χ1n) is 7.85. The first-order chi connectivity index (χ1) is 11.7. The smallest absolute Gasteiger partial charge is 0.262 e. The molecule has 0 radical (unpaired) electrons. The molecule has 0 bridgehead atoms. The highest BCUT2D eigenvalue weighted by Gasteiger charge is 2.23. The van der Waals surface area contributed by atoms with E-state index >= 15 is 0 Å². The van der Waals surface area contributed by atoms with Crippen LogP contribution in [0.3, 0.4) is 0 Å². The predicted molar refractivity (Wildman–Crippen MR) is 103 cm³/mol. The summed E-state index contributed by atoms with van der Waals surface area (Å²) in [5.41, 5.74) is 4.21. The Kier molecular flexibility index (Phi) is 4.47. The van der Waals surface area contributed by atoms with Crippen LogP contribution in [0.15, 0.2) is 41.4 Å². The molecule has 4 nitrogen and oxygen atoms in total. The van der Waals surface area contributed by atoms with Gasteiger partial charge in [-0.2, -0.15) is 0 Å². The van der Waals surface area contributed by atoms with E-state index < -0.39 is 10.0 Å². The summed E-state index contributed by atoms with van der Waals surface area (Å²) in [7, 11) is -3.79. The molecule has 0 aliphatic rings. The molecule has 0 saturated carbocycles. The van der Waals surface area contributed by atoms with Gasteiger partial charge in [-0.15, -0.1) is 0 Å². The van der Waals surface area contributed by atoms with Gasteiger partial charge in [-0.05, 0) is 56.5 Å². The van der Waals surface area contributed by atoms with Crippen molar-refractivity contribution in [1.29, 1.82) is 0 Å². The molecule has 1 heterocycles. The molecule has 0 fully saturated rings. The number of rotatable bonds is 3. The normalized spacial score (nSPS) is 11.7. The lowest BCUT2D eigenvalue weighted by molar-refractivity contribution is 0.600. The third-order valence-electron chi connectivity index (χ3n) is 4.16. The van der Waals surface area contributed by atoms with Crippen LogP contribution in [0.1, 0.15) is 22.3 Å². The van der Waals surface area contributed by atoms with Gasteiger partial charge < -0.3 is 0 Å². The monoisotopic (exact) mass is 374 g/mol. The molecule has 3 aromatic rings. The predicted octanol–water partition coefficient (Wildman–Crippen LogP) is 4.92. The molecule has 0 aliphatic heterocycles. The lowest BCUT2D eigenvalue weighted by Gasteiger charge is -2.16. The van der Waals surface area contributed by atoms with Gasteiger partial charge in [0, 0.05) is 11.6 Å². The number of benzene rings is 2. The molecule has 1 N–H and O–H groups in total. The van der Waals surface area contributed by atoms with E-state index in [2.05, 4.69) is 9.71 Å². The molecule has 130 valence electrons. The lowest BCUT2D eigenvalue weighted by Crippen LogP contribution is -2.16. The third kappa shape index (κ3) is 3.22. The van der Waals surface area contributed by atoms with Crippen LogP contribution in [0.25, 0.3) is 10.9 Å². The summed E-state index contributed by atoms with van der Waals surface area (Å²) in [4.78, 5) is 4.60. The molecule has 25 heavy (non-hydrogen) atoms. The van der Waals surface area contributed by atoms with Gasteiger partial charge in [0.2, 0.25) is 0 Å². The van der Waals surface area contributed by atoms with Gasteiger partial charge in [-0.1, -0.05) is 35.4 Å². The van der Waals surface area contributed by atoms with Crippen molar-refractivity contribution in [1.82, 2.24) is 4.98 Å². The zero-order valence-corrected chi connectivity index (χ0v) is 16.1. The third-order valence-corrected chi connectivity index (χ3v) is 6.11. The van der Waals surface area contributed by atoms with E-state index in [-0.39, 0.29) is 4.90 Å². The fourth-order valence-corrected chi connectivity index (χ4v) is 5.15. The Balaban J connectivity index is 2.20. The second kappa shape index (κ2) is 6.32. The maximum Gasteiger partial charge on any atom is 0.262 e. The topological polar surface area (TPSA) is 59.1 Å². The van der Waals surface area contributed by atoms with Crippen molar-refractivity contribution in [2.24, 2.45) is 0 Å². The van der Waals surface area contributed by atoms with Crippen molar-refractivity contribution in [3.63, 3.8) is 0 Å². The average Bonchev–Trinajstić information content (AvgIpc) is 2.50. The van der Waals surface area contributed by atoms with Crippen molar-refractivity contribution in [3.05, 3.63) is 63.8 Å². The molecule has 0 spiro atoms. The molecular formula is C19H19ClN2O2S. The van der Waals surface area contributed by atoms with Crippen LogP contribution in [0.4, 0.5) is 5.69 Å². The van der Waals surface area contributed by atoms with Crippen LogP contribution in [0.2, 0.25) is 5.02 Å². The van der Waals surface area contributed by atoms with Crippen molar-refractivity contribution in [2.75, 3.05) is 4.72 Å². The Morgan fingerprint density at radius 1 is 1.00 bits per heavy atom. The standard InChI is InChI=1S/C19H19ClN2O2S/c1-11-8-13(3)19(14(4)9-11)25(23,24)22-18-16(20)10-12(2)15-6-5-7-21-17(15)18/h5-10,22H,1-4H3. The van der Waals surface area contributed by atoms with Gasteiger partial charge in [0.1, 0.15) is 0 Å². The molecule has 2 aromatic carbocycles. The van der Waals surface area contributed by atoms with E-state index in [1.54, 1.807) is 26.1 Å². The molecule has 0 saturated heterocycles. The van der Waals surface area contributed by atoms with Gasteiger partial charge in [0.25, 0.3) is 10.0 Å². The lowest BCUT2D eigenvalue weighted by atomic mass is 10.1. The minimum Gasteiger partial charge on any atom is -0.276 e. The number of fused-ring (bicyclic) bond motifs is 1. The number of halogens is 1. The summed E-state index contributed by atoms with van der Waals surface area (Å²) in [5.74, 6) is 0. The zero-order chi connectivity index (χ0) is 18.4. The van der Waals surface area contributed by atoms with Crippen LogP contribution < -0.4 is 4.72 Å². The molecule has 6 heteroatoms. The summed E-state index contributed by atoms with van der Waals surface area (Å²) in [6.07, 6.45) is 1.62. The van der Waals surface area contributed by atoms with Gasteiger partial charge in [0.15, 0.2) is 0 Å². The number of nitrogens with zero attached hydrogens (tertiary/aromatic N) is 1. The second-order valence-electron chi connectivity index (χ2n) is 6.28. The maximum atomic E-state index is 13.0. The number of anilines is 1. The van der Waals surface area contributed by atoms with Crippen LogP contribution in [-0.4, -0.2) is 13.4 Å². The number of hydrogen-bond donors (Lipinski definition) is 1. The van der Waals surface area contributed by atoms with Gasteiger partial charge in [0.05, 0.1) is 21.1 Å². The van der Waals surface area contributed by atoms with Crippen LogP contribution in [0, 0.1) is 27.7 Å². The Bertz CT molecular complexity index is 1070. The van der Waals surface area contributed by atoms with Crippen molar-refractivity contribution in [2.45, 2.75) is 32.6 Å². The number of aryl methyl sites for hydroxylation is 4. The van der Waals surface area contributed by atoms with E-state index in [0.29, 0.717) is 27.4 Å². The van der Waals surface area contributed by atoms with E-state index in [0.717, 1.165) is 16.5 Å². The summed E-state index contributed by atoms with van der Waals surface area (Å²) >= 11 is 6.34. The Hall–Kier alpha value is -2.11. The fraction of sp³-hybridized carbons (Fsp3) is 0.211. The summed E-state index contributed by atoms with van der Waals surface area (Å²) in [6.45, 7) is 7.45. The molecular weight excluding hydrogens is 356 g/mol. The fourth-order valence-electron chi connectivity index (χ4n) is 3.25. The number of hydrogen-bond acceptors (Lipinski definition) is 3. The van der Waals surface area contributed by atoms with Crippen molar-refractivity contribution < 1.29 is 8.42 Å². The number of sulfonamides is 1.